The summed E-state index contributed by atoms with van der Waals surface area (Å²) in [6.45, 7) is 13.4. The van der Waals surface area contributed by atoms with Crippen molar-refractivity contribution in [2.75, 3.05) is 80.7 Å². The van der Waals surface area contributed by atoms with Crippen LogP contribution in [0.25, 0.3) is 0 Å². The number of ether oxygens (including phenoxy) is 2. The summed E-state index contributed by atoms with van der Waals surface area (Å²) in [7, 11) is 7.27. The minimum absolute atomic E-state index is 0.578. The second kappa shape index (κ2) is 12.6. The van der Waals surface area contributed by atoms with Gasteiger partial charge >= 0.3 is 0 Å². The molecule has 1 aliphatic rings. The van der Waals surface area contributed by atoms with Gasteiger partial charge in [0.25, 0.3) is 0 Å². The van der Waals surface area contributed by atoms with E-state index >= 15 is 0 Å². The van der Waals surface area contributed by atoms with Gasteiger partial charge in [-0.2, -0.15) is 0 Å². The number of hydrogen-bond donors (Lipinski definition) is 1. The van der Waals surface area contributed by atoms with Crippen LogP contribution >= 0.6 is 0 Å². The molecule has 1 unspecified atom stereocenters. The van der Waals surface area contributed by atoms with Crippen LogP contribution in [0.15, 0.2) is 23.2 Å². The monoisotopic (exact) mass is 419 g/mol. The van der Waals surface area contributed by atoms with Crippen molar-refractivity contribution in [3.8, 4) is 11.5 Å². The Morgan fingerprint density at radius 3 is 2.40 bits per heavy atom. The number of guanidine groups is 1. The van der Waals surface area contributed by atoms with Crippen LogP contribution in [0, 0.1) is 5.92 Å². The molecule has 1 aliphatic heterocycles. The Labute approximate surface area is 183 Å². The Balaban J connectivity index is 1.76. The summed E-state index contributed by atoms with van der Waals surface area (Å²) in [5.41, 5.74) is 1.22. The van der Waals surface area contributed by atoms with Gasteiger partial charge < -0.3 is 29.5 Å². The smallest absolute Gasteiger partial charge is 0.193 e. The molecule has 0 bridgehead atoms. The normalized spacial score (nSPS) is 16.9. The van der Waals surface area contributed by atoms with E-state index in [9.17, 15) is 0 Å². The van der Waals surface area contributed by atoms with Gasteiger partial charge in [0.2, 0.25) is 0 Å². The molecule has 7 heteroatoms. The molecule has 30 heavy (non-hydrogen) atoms. The molecule has 1 saturated heterocycles. The maximum absolute atomic E-state index is 5.41. The van der Waals surface area contributed by atoms with Crippen molar-refractivity contribution >= 4 is 5.96 Å². The first-order chi connectivity index (χ1) is 14.5. The third-order valence-electron chi connectivity index (χ3n) is 5.85. The fraction of sp³-hybridized carbons (Fsp3) is 0.696. The van der Waals surface area contributed by atoms with Crippen molar-refractivity contribution in [1.29, 1.82) is 0 Å². The third-order valence-corrected chi connectivity index (χ3v) is 5.85. The molecule has 1 heterocycles. The molecule has 1 fully saturated rings. The lowest BCUT2D eigenvalue weighted by Crippen LogP contribution is -2.48. The van der Waals surface area contributed by atoms with Crippen LogP contribution < -0.4 is 14.8 Å². The lowest BCUT2D eigenvalue weighted by molar-refractivity contribution is 0.124. The zero-order valence-corrected chi connectivity index (χ0v) is 19.8. The second-order valence-corrected chi connectivity index (χ2v) is 8.13. The predicted molar refractivity (Wildman–Crippen MR) is 125 cm³/mol. The molecule has 0 saturated carbocycles. The highest BCUT2D eigenvalue weighted by atomic mass is 16.5. The van der Waals surface area contributed by atoms with Crippen molar-refractivity contribution in [1.82, 2.24) is 20.0 Å². The zero-order chi connectivity index (χ0) is 21.9. The highest BCUT2D eigenvalue weighted by Crippen LogP contribution is 2.27. The van der Waals surface area contributed by atoms with Gasteiger partial charge in [0.05, 0.1) is 14.2 Å². The number of hydrogen-bond acceptors (Lipinski definition) is 5. The van der Waals surface area contributed by atoms with Crippen LogP contribution in [0.3, 0.4) is 0 Å². The van der Waals surface area contributed by atoms with Gasteiger partial charge in [-0.1, -0.05) is 19.9 Å². The van der Waals surface area contributed by atoms with Crippen LogP contribution in [-0.4, -0.2) is 101 Å². The van der Waals surface area contributed by atoms with Gasteiger partial charge in [0.1, 0.15) is 0 Å². The van der Waals surface area contributed by atoms with Crippen molar-refractivity contribution in [2.45, 2.75) is 20.3 Å². The summed E-state index contributed by atoms with van der Waals surface area (Å²) in [6, 6.07) is 6.10. The maximum atomic E-state index is 5.41. The predicted octanol–water partition coefficient (Wildman–Crippen LogP) is 2.03. The van der Waals surface area contributed by atoms with Crippen molar-refractivity contribution in [2.24, 2.45) is 10.9 Å². The molecule has 1 N–H and O–H groups in total. The Bertz CT molecular complexity index is 659. The lowest BCUT2D eigenvalue weighted by Gasteiger charge is -2.35. The summed E-state index contributed by atoms with van der Waals surface area (Å²) < 4.78 is 10.7. The van der Waals surface area contributed by atoms with Crippen LogP contribution in [0.2, 0.25) is 0 Å². The number of piperazine rings is 1. The van der Waals surface area contributed by atoms with Crippen molar-refractivity contribution < 1.29 is 9.47 Å². The zero-order valence-electron chi connectivity index (χ0n) is 19.8. The highest BCUT2D eigenvalue weighted by molar-refractivity contribution is 5.79. The van der Waals surface area contributed by atoms with Crippen LogP contribution in [0.5, 0.6) is 11.5 Å². The van der Waals surface area contributed by atoms with E-state index in [1.807, 2.05) is 19.2 Å². The number of methoxy groups -OCH3 is 2. The lowest BCUT2D eigenvalue weighted by atomic mass is 10.1. The minimum atomic E-state index is 0.578. The molecule has 2 rings (SSSR count). The first-order valence-electron chi connectivity index (χ1n) is 11.1. The molecule has 0 amide bonds. The Kier molecular flexibility index (Phi) is 10.2. The Hall–Kier alpha value is -1.99. The standard InChI is InChI=1S/C23H41N5O2/c1-7-27-12-14-28(15-13-27)18-19(2)17-25-23(24-3)26(4)11-10-20-8-9-21(29-5)22(16-20)30-6/h8-9,16,19H,7,10-15,17-18H2,1-6H3,(H,24,25). The molecule has 0 spiro atoms. The topological polar surface area (TPSA) is 52.6 Å². The molecule has 7 nitrogen and oxygen atoms in total. The molecule has 0 radical (unpaired) electrons. The average Bonchev–Trinajstić information content (AvgIpc) is 2.78. The molecule has 170 valence electrons. The van der Waals surface area contributed by atoms with E-state index in [2.05, 4.69) is 52.0 Å². The minimum Gasteiger partial charge on any atom is -0.493 e. The number of aliphatic imine (C=N–C) groups is 1. The van der Waals surface area contributed by atoms with E-state index in [0.717, 1.165) is 50.1 Å². The first-order valence-corrected chi connectivity index (χ1v) is 11.1. The van der Waals surface area contributed by atoms with E-state index in [4.69, 9.17) is 9.47 Å². The van der Waals surface area contributed by atoms with E-state index in [1.165, 1.54) is 31.7 Å². The molecule has 0 aliphatic carbocycles. The first kappa shape index (κ1) is 24.3. The molecular formula is C23H41N5O2. The molecular weight excluding hydrogens is 378 g/mol. The fourth-order valence-electron chi connectivity index (χ4n) is 3.88. The van der Waals surface area contributed by atoms with Crippen LogP contribution in [0.1, 0.15) is 19.4 Å². The van der Waals surface area contributed by atoms with E-state index in [0.29, 0.717) is 5.92 Å². The summed E-state index contributed by atoms with van der Waals surface area (Å²) in [5, 5.41) is 3.55. The van der Waals surface area contributed by atoms with Gasteiger partial charge in [-0.05, 0) is 36.6 Å². The molecule has 1 atom stereocenters. The van der Waals surface area contributed by atoms with E-state index in [-0.39, 0.29) is 0 Å². The third kappa shape index (κ3) is 7.36. The van der Waals surface area contributed by atoms with E-state index < -0.39 is 0 Å². The second-order valence-electron chi connectivity index (χ2n) is 8.13. The van der Waals surface area contributed by atoms with Gasteiger partial charge in [0.15, 0.2) is 17.5 Å². The van der Waals surface area contributed by atoms with Crippen LogP contribution in [-0.2, 0) is 6.42 Å². The van der Waals surface area contributed by atoms with Gasteiger partial charge in [0, 0.05) is 59.9 Å². The molecule has 1 aromatic rings. The number of likely N-dealkylation sites (N-methyl/N-ethyl adjacent to an activating group) is 2. The largest absolute Gasteiger partial charge is 0.493 e. The summed E-state index contributed by atoms with van der Waals surface area (Å²) in [6.07, 6.45) is 0.912. The van der Waals surface area contributed by atoms with Crippen LogP contribution in [0.4, 0.5) is 0 Å². The van der Waals surface area contributed by atoms with Gasteiger partial charge in [-0.15, -0.1) is 0 Å². The summed E-state index contributed by atoms with van der Waals surface area (Å²) in [5.74, 6) is 3.05. The Morgan fingerprint density at radius 1 is 1.13 bits per heavy atom. The average molecular weight is 420 g/mol. The molecule has 0 aromatic heterocycles. The molecule has 1 aromatic carbocycles. The van der Waals surface area contributed by atoms with Gasteiger partial charge in [-0.25, -0.2) is 0 Å². The SMILES string of the molecule is CCN1CCN(CC(C)CNC(=NC)N(C)CCc2ccc(OC)c(OC)c2)CC1. The maximum Gasteiger partial charge on any atom is 0.193 e. The summed E-state index contributed by atoms with van der Waals surface area (Å²) in [4.78, 5) is 11.8. The highest BCUT2D eigenvalue weighted by Gasteiger charge is 2.18. The number of benzene rings is 1. The number of nitrogens with one attached hydrogen (secondary N) is 1. The van der Waals surface area contributed by atoms with E-state index in [1.54, 1.807) is 14.2 Å². The van der Waals surface area contributed by atoms with Gasteiger partial charge in [-0.3, -0.25) is 4.99 Å². The number of rotatable bonds is 10. The number of nitrogens with zero attached hydrogens (tertiary/aromatic N) is 4. The Morgan fingerprint density at radius 2 is 1.80 bits per heavy atom. The fourth-order valence-corrected chi connectivity index (χ4v) is 3.88. The van der Waals surface area contributed by atoms with Crippen molar-refractivity contribution in [3.05, 3.63) is 23.8 Å². The quantitative estimate of drug-likeness (QED) is 0.463. The summed E-state index contributed by atoms with van der Waals surface area (Å²) >= 11 is 0. The van der Waals surface area contributed by atoms with Crippen molar-refractivity contribution in [3.63, 3.8) is 0 Å².